The Morgan fingerprint density at radius 2 is 2.42 bits per heavy atom. The van der Waals surface area contributed by atoms with E-state index in [2.05, 4.69) is 17.1 Å². The molecule has 0 atom stereocenters. The highest BCUT2D eigenvalue weighted by Crippen LogP contribution is 1.99. The van der Waals surface area contributed by atoms with Crippen molar-refractivity contribution in [1.82, 2.24) is 14.8 Å². The summed E-state index contributed by atoms with van der Waals surface area (Å²) in [4.78, 5) is 10.8. The van der Waals surface area contributed by atoms with Gasteiger partial charge in [0.2, 0.25) is 0 Å². The Labute approximate surface area is 70.4 Å². The first-order chi connectivity index (χ1) is 5.75. The second kappa shape index (κ2) is 3.94. The Kier molecular flexibility index (Phi) is 2.90. The first-order valence-corrected chi connectivity index (χ1v) is 4.00. The molecule has 0 unspecified atom stereocenters. The van der Waals surface area contributed by atoms with Gasteiger partial charge in [-0.2, -0.15) is 0 Å². The van der Waals surface area contributed by atoms with Crippen molar-refractivity contribution in [2.45, 2.75) is 19.8 Å². The number of aromatic nitrogens is 3. The summed E-state index contributed by atoms with van der Waals surface area (Å²) < 4.78 is 6.56. The van der Waals surface area contributed by atoms with E-state index in [9.17, 15) is 4.79 Å². The molecule has 5 heteroatoms. The van der Waals surface area contributed by atoms with Crippen molar-refractivity contribution in [1.29, 1.82) is 0 Å². The maximum Gasteiger partial charge on any atom is 0.345 e. The molecule has 0 aliphatic carbocycles. The van der Waals surface area contributed by atoms with Crippen molar-refractivity contribution in [3.63, 3.8) is 0 Å². The number of aromatic amines is 1. The molecule has 0 bridgehead atoms. The number of hydrogen-bond donors (Lipinski definition) is 1. The molecule has 0 radical (unpaired) electrons. The van der Waals surface area contributed by atoms with Crippen LogP contribution in [-0.4, -0.2) is 21.4 Å². The fourth-order valence-corrected chi connectivity index (χ4v) is 0.769. The highest BCUT2D eigenvalue weighted by atomic mass is 16.5. The molecule has 0 aliphatic rings. The number of H-pyrrole nitrogens is 1. The molecular formula is C7H13N3O2. The summed E-state index contributed by atoms with van der Waals surface area (Å²) in [7, 11) is 1.62. The molecule has 0 spiro atoms. The molecule has 1 heterocycles. The summed E-state index contributed by atoms with van der Waals surface area (Å²) in [5.74, 6) is 0. The maximum absolute atomic E-state index is 10.8. The first kappa shape index (κ1) is 8.83. The van der Waals surface area contributed by atoms with Crippen LogP contribution in [0.15, 0.2) is 4.79 Å². The second-order valence-corrected chi connectivity index (χ2v) is 2.57. The van der Waals surface area contributed by atoms with Crippen LogP contribution < -0.4 is 10.4 Å². The quantitative estimate of drug-likeness (QED) is 0.662. The van der Waals surface area contributed by atoms with Gasteiger partial charge in [-0.1, -0.05) is 13.3 Å². The molecule has 0 saturated heterocycles. The van der Waals surface area contributed by atoms with E-state index in [1.807, 2.05) is 0 Å². The van der Waals surface area contributed by atoms with Gasteiger partial charge in [-0.25, -0.2) is 14.5 Å². The molecule has 0 amide bonds. The fraction of sp³-hybridized carbons (Fsp3) is 0.714. The predicted molar refractivity (Wildman–Crippen MR) is 44.2 cm³/mol. The molecule has 68 valence electrons. The van der Waals surface area contributed by atoms with Gasteiger partial charge in [0.1, 0.15) is 0 Å². The number of rotatable bonds is 4. The number of ether oxygens (including phenoxy) is 1. The van der Waals surface area contributed by atoms with E-state index in [0.717, 1.165) is 12.8 Å². The van der Waals surface area contributed by atoms with E-state index >= 15 is 0 Å². The van der Waals surface area contributed by atoms with Gasteiger partial charge in [0, 0.05) is 7.05 Å². The van der Waals surface area contributed by atoms with Crippen molar-refractivity contribution >= 4 is 0 Å². The van der Waals surface area contributed by atoms with Crippen LogP contribution in [-0.2, 0) is 7.05 Å². The molecule has 5 nitrogen and oxygen atoms in total. The summed E-state index contributed by atoms with van der Waals surface area (Å²) in [5.41, 5.74) is -0.249. The minimum Gasteiger partial charge on any atom is -0.464 e. The van der Waals surface area contributed by atoms with Crippen LogP contribution in [0.4, 0.5) is 0 Å². The van der Waals surface area contributed by atoms with Crippen LogP contribution in [0.2, 0.25) is 0 Å². The van der Waals surface area contributed by atoms with Gasteiger partial charge in [-0.15, -0.1) is 5.10 Å². The standard InChI is InChI=1S/C7H13N3O2/c1-3-4-5-12-7-9-8-6(11)10(7)2/h3-5H2,1-2H3,(H,8,11). The largest absolute Gasteiger partial charge is 0.464 e. The summed E-state index contributed by atoms with van der Waals surface area (Å²) in [5, 5.41) is 5.99. The van der Waals surface area contributed by atoms with E-state index in [0.29, 0.717) is 12.6 Å². The Morgan fingerprint density at radius 3 is 2.92 bits per heavy atom. The zero-order valence-corrected chi connectivity index (χ0v) is 7.33. The zero-order chi connectivity index (χ0) is 8.97. The van der Waals surface area contributed by atoms with Crippen LogP contribution in [0.25, 0.3) is 0 Å². The van der Waals surface area contributed by atoms with Gasteiger partial charge in [-0.05, 0) is 6.42 Å². The third-order valence-electron chi connectivity index (χ3n) is 1.57. The van der Waals surface area contributed by atoms with Crippen molar-refractivity contribution in [3.05, 3.63) is 10.5 Å². The molecule has 1 N–H and O–H groups in total. The van der Waals surface area contributed by atoms with Gasteiger partial charge >= 0.3 is 11.7 Å². The van der Waals surface area contributed by atoms with Crippen LogP contribution in [0.5, 0.6) is 6.01 Å². The van der Waals surface area contributed by atoms with Gasteiger partial charge < -0.3 is 4.74 Å². The van der Waals surface area contributed by atoms with Gasteiger partial charge in [-0.3, -0.25) is 0 Å². The average Bonchev–Trinajstić information content (AvgIpc) is 2.36. The van der Waals surface area contributed by atoms with Crippen LogP contribution in [0, 0.1) is 0 Å². The zero-order valence-electron chi connectivity index (χ0n) is 7.33. The highest BCUT2D eigenvalue weighted by Gasteiger charge is 2.02. The molecule has 0 saturated carbocycles. The van der Waals surface area contributed by atoms with Crippen molar-refractivity contribution < 1.29 is 4.74 Å². The fourth-order valence-electron chi connectivity index (χ4n) is 0.769. The monoisotopic (exact) mass is 171 g/mol. The summed E-state index contributed by atoms with van der Waals surface area (Å²) in [6.07, 6.45) is 2.04. The van der Waals surface area contributed by atoms with Gasteiger partial charge in [0.05, 0.1) is 6.61 Å². The van der Waals surface area contributed by atoms with Gasteiger partial charge in [0.15, 0.2) is 0 Å². The third-order valence-corrected chi connectivity index (χ3v) is 1.57. The van der Waals surface area contributed by atoms with Crippen molar-refractivity contribution in [3.8, 4) is 6.01 Å². The molecule has 12 heavy (non-hydrogen) atoms. The van der Waals surface area contributed by atoms with E-state index in [1.165, 1.54) is 4.57 Å². The van der Waals surface area contributed by atoms with Gasteiger partial charge in [0.25, 0.3) is 0 Å². The number of nitrogens with zero attached hydrogens (tertiary/aromatic N) is 2. The molecular weight excluding hydrogens is 158 g/mol. The number of unbranched alkanes of at least 4 members (excludes halogenated alkanes) is 1. The average molecular weight is 171 g/mol. The molecule has 1 rings (SSSR count). The SMILES string of the molecule is CCCCOc1n[nH]c(=O)n1C. The Balaban J connectivity index is 2.52. The Bertz CT molecular complexity index is 289. The Morgan fingerprint density at radius 1 is 1.67 bits per heavy atom. The maximum atomic E-state index is 10.8. The third kappa shape index (κ3) is 1.87. The van der Waals surface area contributed by atoms with Crippen LogP contribution >= 0.6 is 0 Å². The predicted octanol–water partition coefficient (Wildman–Crippen LogP) is 0.287. The first-order valence-electron chi connectivity index (χ1n) is 4.00. The molecule has 0 fully saturated rings. The smallest absolute Gasteiger partial charge is 0.345 e. The summed E-state index contributed by atoms with van der Waals surface area (Å²) in [6, 6.07) is 0.355. The van der Waals surface area contributed by atoms with E-state index in [1.54, 1.807) is 7.05 Å². The normalized spacial score (nSPS) is 10.2. The molecule has 0 aliphatic heterocycles. The van der Waals surface area contributed by atoms with Crippen molar-refractivity contribution in [2.75, 3.05) is 6.61 Å². The summed E-state index contributed by atoms with van der Waals surface area (Å²) in [6.45, 7) is 2.68. The lowest BCUT2D eigenvalue weighted by molar-refractivity contribution is 0.275. The lowest BCUT2D eigenvalue weighted by Crippen LogP contribution is -2.14. The van der Waals surface area contributed by atoms with E-state index < -0.39 is 0 Å². The minimum absolute atomic E-state index is 0.249. The highest BCUT2D eigenvalue weighted by molar-refractivity contribution is 4.90. The minimum atomic E-state index is -0.249. The lowest BCUT2D eigenvalue weighted by Gasteiger charge is -2.01. The van der Waals surface area contributed by atoms with Crippen molar-refractivity contribution in [2.24, 2.45) is 7.05 Å². The number of hydrogen-bond acceptors (Lipinski definition) is 3. The Hall–Kier alpha value is -1.26. The van der Waals surface area contributed by atoms with E-state index in [4.69, 9.17) is 4.74 Å². The second-order valence-electron chi connectivity index (χ2n) is 2.57. The summed E-state index contributed by atoms with van der Waals surface area (Å²) >= 11 is 0. The number of nitrogens with one attached hydrogen (secondary N) is 1. The van der Waals surface area contributed by atoms with E-state index in [-0.39, 0.29) is 5.69 Å². The molecule has 0 aromatic carbocycles. The molecule has 1 aromatic heterocycles. The topological polar surface area (TPSA) is 59.9 Å². The van der Waals surface area contributed by atoms with Crippen LogP contribution in [0.1, 0.15) is 19.8 Å². The molecule has 1 aromatic rings. The van der Waals surface area contributed by atoms with Crippen LogP contribution in [0.3, 0.4) is 0 Å². The lowest BCUT2D eigenvalue weighted by atomic mass is 10.4.